The molecule has 0 aliphatic rings. The zero-order valence-electron chi connectivity index (χ0n) is 13.7. The van der Waals surface area contributed by atoms with Crippen molar-refractivity contribution in [3.8, 4) is 0 Å². The van der Waals surface area contributed by atoms with Gasteiger partial charge in [0.15, 0.2) is 5.78 Å². The van der Waals surface area contributed by atoms with Gasteiger partial charge in [0, 0.05) is 17.5 Å². The van der Waals surface area contributed by atoms with Crippen LogP contribution in [0.1, 0.15) is 52.5 Å². The quantitative estimate of drug-likeness (QED) is 0.717. The Morgan fingerprint density at radius 3 is 2.44 bits per heavy atom. The minimum Gasteiger partial charge on any atom is -0.321 e. The van der Waals surface area contributed by atoms with Crippen molar-refractivity contribution in [2.24, 2.45) is 0 Å². The number of anilines is 1. The Bertz CT molecular complexity index is 769. The minimum absolute atomic E-state index is 0.109. The SMILES string of the molecule is CCCCC(=O)c1ccccc1NC(=O)c1cccc(C(F)(F)F)c1. The van der Waals surface area contributed by atoms with Crippen molar-refractivity contribution in [2.75, 3.05) is 5.32 Å². The lowest BCUT2D eigenvalue weighted by Crippen LogP contribution is -2.16. The van der Waals surface area contributed by atoms with Gasteiger partial charge < -0.3 is 5.32 Å². The van der Waals surface area contributed by atoms with E-state index >= 15 is 0 Å². The molecule has 0 bridgehead atoms. The molecule has 0 radical (unpaired) electrons. The highest BCUT2D eigenvalue weighted by molar-refractivity contribution is 6.09. The third-order valence-corrected chi connectivity index (χ3v) is 3.69. The highest BCUT2D eigenvalue weighted by Gasteiger charge is 2.31. The fraction of sp³-hybridized carbons (Fsp3) is 0.263. The molecule has 2 rings (SSSR count). The van der Waals surface area contributed by atoms with E-state index in [1.165, 1.54) is 12.1 Å². The molecule has 0 aliphatic carbocycles. The molecule has 1 N–H and O–H groups in total. The van der Waals surface area contributed by atoms with Gasteiger partial charge in [0.05, 0.1) is 11.3 Å². The van der Waals surface area contributed by atoms with Crippen molar-refractivity contribution in [3.05, 3.63) is 65.2 Å². The number of alkyl halides is 3. The molecule has 0 aromatic heterocycles. The van der Waals surface area contributed by atoms with Crippen molar-refractivity contribution in [1.82, 2.24) is 0 Å². The van der Waals surface area contributed by atoms with Crippen molar-refractivity contribution >= 4 is 17.4 Å². The summed E-state index contributed by atoms with van der Waals surface area (Å²) < 4.78 is 38.3. The Labute approximate surface area is 143 Å². The van der Waals surface area contributed by atoms with Gasteiger partial charge in [-0.3, -0.25) is 9.59 Å². The lowest BCUT2D eigenvalue weighted by atomic mass is 10.0. The summed E-state index contributed by atoms with van der Waals surface area (Å²) in [5.41, 5.74) is -0.361. The summed E-state index contributed by atoms with van der Waals surface area (Å²) in [5, 5.41) is 2.54. The molecule has 132 valence electrons. The lowest BCUT2D eigenvalue weighted by Gasteiger charge is -2.12. The zero-order chi connectivity index (χ0) is 18.4. The smallest absolute Gasteiger partial charge is 0.321 e. The molecule has 0 heterocycles. The van der Waals surface area contributed by atoms with Crippen LogP contribution in [0.15, 0.2) is 48.5 Å². The van der Waals surface area contributed by atoms with Gasteiger partial charge in [-0.2, -0.15) is 13.2 Å². The summed E-state index contributed by atoms with van der Waals surface area (Å²) in [6.07, 6.45) is -2.57. The van der Waals surface area contributed by atoms with Crippen LogP contribution < -0.4 is 5.32 Å². The van der Waals surface area contributed by atoms with E-state index in [0.29, 0.717) is 17.7 Å². The summed E-state index contributed by atoms with van der Waals surface area (Å²) >= 11 is 0. The number of benzene rings is 2. The van der Waals surface area contributed by atoms with Crippen LogP contribution in [0.25, 0.3) is 0 Å². The summed E-state index contributed by atoms with van der Waals surface area (Å²) in [4.78, 5) is 24.5. The second kappa shape index (κ2) is 7.96. The number of hydrogen-bond acceptors (Lipinski definition) is 2. The molecule has 25 heavy (non-hydrogen) atoms. The molecule has 0 atom stereocenters. The Morgan fingerprint density at radius 1 is 1.04 bits per heavy atom. The number of ketones is 1. The van der Waals surface area contributed by atoms with E-state index in [4.69, 9.17) is 0 Å². The number of halogens is 3. The number of para-hydroxylation sites is 1. The predicted molar refractivity (Wildman–Crippen MR) is 89.7 cm³/mol. The van der Waals surface area contributed by atoms with E-state index < -0.39 is 17.6 Å². The number of carbonyl (C=O) groups excluding carboxylic acids is 2. The second-order valence-corrected chi connectivity index (χ2v) is 5.61. The van der Waals surface area contributed by atoms with Gasteiger partial charge in [0.2, 0.25) is 0 Å². The molecule has 2 aromatic rings. The van der Waals surface area contributed by atoms with Crippen molar-refractivity contribution in [2.45, 2.75) is 32.4 Å². The molecule has 6 heteroatoms. The second-order valence-electron chi connectivity index (χ2n) is 5.61. The van der Waals surface area contributed by atoms with E-state index in [9.17, 15) is 22.8 Å². The Hall–Kier alpha value is -2.63. The van der Waals surface area contributed by atoms with Gasteiger partial charge in [-0.05, 0) is 36.8 Å². The minimum atomic E-state index is -4.52. The van der Waals surface area contributed by atoms with Crippen LogP contribution >= 0.6 is 0 Å². The van der Waals surface area contributed by atoms with Crippen LogP contribution in [0.4, 0.5) is 18.9 Å². The topological polar surface area (TPSA) is 46.2 Å². The standard InChI is InChI=1S/C19H18F3NO2/c1-2-3-11-17(24)15-9-4-5-10-16(15)23-18(25)13-7-6-8-14(12-13)19(20,21)22/h4-10,12H,2-3,11H2,1H3,(H,23,25). The fourth-order valence-electron chi connectivity index (χ4n) is 2.34. The molecule has 1 amide bonds. The first-order chi connectivity index (χ1) is 11.8. The molecule has 0 fully saturated rings. The average molecular weight is 349 g/mol. The van der Waals surface area contributed by atoms with Gasteiger partial charge in [-0.1, -0.05) is 31.5 Å². The number of nitrogens with one attached hydrogen (secondary N) is 1. The van der Waals surface area contributed by atoms with Crippen molar-refractivity contribution in [3.63, 3.8) is 0 Å². The first kappa shape index (κ1) is 18.7. The van der Waals surface area contributed by atoms with Crippen molar-refractivity contribution < 1.29 is 22.8 Å². The molecular formula is C19H18F3NO2. The highest BCUT2D eigenvalue weighted by atomic mass is 19.4. The van der Waals surface area contributed by atoms with Crippen LogP contribution in [0.5, 0.6) is 0 Å². The monoisotopic (exact) mass is 349 g/mol. The molecule has 0 spiro atoms. The van der Waals surface area contributed by atoms with Gasteiger partial charge >= 0.3 is 6.18 Å². The fourth-order valence-corrected chi connectivity index (χ4v) is 2.34. The third-order valence-electron chi connectivity index (χ3n) is 3.69. The Balaban J connectivity index is 2.23. The third kappa shape index (κ3) is 4.92. The van der Waals surface area contributed by atoms with Crippen LogP contribution in [0.2, 0.25) is 0 Å². The summed E-state index contributed by atoms with van der Waals surface area (Å²) in [7, 11) is 0. The van der Waals surface area contributed by atoms with Crippen LogP contribution in [-0.4, -0.2) is 11.7 Å². The maximum absolute atomic E-state index is 12.8. The highest BCUT2D eigenvalue weighted by Crippen LogP contribution is 2.29. The summed E-state index contributed by atoms with van der Waals surface area (Å²) in [6, 6.07) is 10.7. The first-order valence-electron chi connectivity index (χ1n) is 7.93. The maximum atomic E-state index is 12.8. The van der Waals surface area contributed by atoms with Crippen LogP contribution in [-0.2, 0) is 6.18 Å². The number of Topliss-reactive ketones (excluding diaryl/α,β-unsaturated/α-hetero) is 1. The van der Waals surface area contributed by atoms with Gasteiger partial charge in [0.25, 0.3) is 5.91 Å². The number of rotatable bonds is 6. The molecule has 3 nitrogen and oxygen atoms in total. The predicted octanol–water partition coefficient (Wildman–Crippen LogP) is 5.33. The number of hydrogen-bond donors (Lipinski definition) is 1. The van der Waals surface area contributed by atoms with E-state index in [1.54, 1.807) is 24.3 Å². The van der Waals surface area contributed by atoms with E-state index in [1.807, 2.05) is 6.92 Å². The molecule has 0 saturated heterocycles. The zero-order valence-corrected chi connectivity index (χ0v) is 13.7. The number of amides is 1. The molecule has 0 aliphatic heterocycles. The molecular weight excluding hydrogens is 331 g/mol. The van der Waals surface area contributed by atoms with E-state index in [0.717, 1.165) is 25.0 Å². The van der Waals surface area contributed by atoms with Gasteiger partial charge in [-0.25, -0.2) is 0 Å². The van der Waals surface area contributed by atoms with Crippen LogP contribution in [0, 0.1) is 0 Å². The largest absolute Gasteiger partial charge is 0.416 e. The van der Waals surface area contributed by atoms with Gasteiger partial charge in [-0.15, -0.1) is 0 Å². The van der Waals surface area contributed by atoms with E-state index in [-0.39, 0.29) is 11.3 Å². The van der Waals surface area contributed by atoms with Crippen LogP contribution in [0.3, 0.4) is 0 Å². The molecule has 2 aromatic carbocycles. The van der Waals surface area contributed by atoms with Crippen molar-refractivity contribution in [1.29, 1.82) is 0 Å². The average Bonchev–Trinajstić information content (AvgIpc) is 2.59. The normalized spacial score (nSPS) is 11.2. The number of unbranched alkanes of at least 4 members (excludes halogenated alkanes) is 1. The summed E-state index contributed by atoms with van der Waals surface area (Å²) in [6.45, 7) is 1.97. The maximum Gasteiger partial charge on any atom is 0.416 e. The number of carbonyl (C=O) groups is 2. The van der Waals surface area contributed by atoms with E-state index in [2.05, 4.69) is 5.32 Å². The lowest BCUT2D eigenvalue weighted by molar-refractivity contribution is -0.137. The Morgan fingerprint density at radius 2 is 1.76 bits per heavy atom. The molecule has 0 unspecified atom stereocenters. The Kier molecular flexibility index (Phi) is 5.96. The summed E-state index contributed by atoms with van der Waals surface area (Å²) in [5.74, 6) is -0.802. The molecule has 0 saturated carbocycles. The first-order valence-corrected chi connectivity index (χ1v) is 7.93. The van der Waals surface area contributed by atoms with Gasteiger partial charge in [0.1, 0.15) is 0 Å².